The van der Waals surface area contributed by atoms with Gasteiger partial charge in [0.25, 0.3) is 0 Å². The van der Waals surface area contributed by atoms with Crippen molar-refractivity contribution in [3.63, 3.8) is 0 Å². The van der Waals surface area contributed by atoms with Gasteiger partial charge in [0.2, 0.25) is 0 Å². The smallest absolute Gasteiger partial charge is 0.128 e. The summed E-state index contributed by atoms with van der Waals surface area (Å²) in [5.74, 6) is -0.716. The average Bonchev–Trinajstić information content (AvgIpc) is 2.31. The lowest BCUT2D eigenvalue weighted by Crippen LogP contribution is -2.14. The van der Waals surface area contributed by atoms with Crippen LogP contribution in [0.3, 0.4) is 0 Å². The minimum absolute atomic E-state index is 0.357. The summed E-state index contributed by atoms with van der Waals surface area (Å²) in [5, 5.41) is 0. The molecule has 2 N–H and O–H groups in total. The van der Waals surface area contributed by atoms with Crippen LogP contribution in [0.1, 0.15) is 22.7 Å². The molecule has 2 aromatic carbocycles. The maximum atomic E-state index is 13.7. The number of benzene rings is 2. The first kappa shape index (κ1) is 13.2. The van der Waals surface area contributed by atoms with Gasteiger partial charge in [-0.25, -0.2) is 8.78 Å². The Morgan fingerprint density at radius 2 is 1.78 bits per heavy atom. The van der Waals surface area contributed by atoms with E-state index in [1.165, 1.54) is 18.2 Å². The van der Waals surface area contributed by atoms with Crippen LogP contribution in [0.4, 0.5) is 8.78 Å². The van der Waals surface area contributed by atoms with Crippen LogP contribution in [0.15, 0.2) is 40.9 Å². The van der Waals surface area contributed by atoms with E-state index in [9.17, 15) is 8.78 Å². The van der Waals surface area contributed by atoms with Gasteiger partial charge in [0.15, 0.2) is 0 Å². The van der Waals surface area contributed by atoms with Gasteiger partial charge in [-0.2, -0.15) is 0 Å². The molecule has 1 nitrogen and oxygen atoms in total. The molecule has 0 amide bonds. The standard InChI is InChI=1S/C14H12BrF2N/c1-8-2-5-13(17)11(6-8)14(18)10-4-3-9(16)7-12(10)15/h2-7,14H,18H2,1H3. The number of nitrogens with two attached hydrogens (primary N) is 1. The van der Waals surface area contributed by atoms with Crippen LogP contribution >= 0.6 is 15.9 Å². The van der Waals surface area contributed by atoms with Crippen molar-refractivity contribution in [3.05, 3.63) is 69.2 Å². The average molecular weight is 312 g/mol. The van der Waals surface area contributed by atoms with Gasteiger partial charge < -0.3 is 5.73 Å². The van der Waals surface area contributed by atoms with Crippen LogP contribution in [-0.4, -0.2) is 0 Å². The second kappa shape index (κ2) is 5.16. The highest BCUT2D eigenvalue weighted by Crippen LogP contribution is 2.29. The summed E-state index contributed by atoms with van der Waals surface area (Å²) in [4.78, 5) is 0. The van der Waals surface area contributed by atoms with E-state index >= 15 is 0 Å². The Morgan fingerprint density at radius 3 is 2.44 bits per heavy atom. The Morgan fingerprint density at radius 1 is 1.06 bits per heavy atom. The van der Waals surface area contributed by atoms with Crippen molar-refractivity contribution in [1.82, 2.24) is 0 Å². The summed E-state index contributed by atoms with van der Waals surface area (Å²) >= 11 is 3.25. The summed E-state index contributed by atoms with van der Waals surface area (Å²) in [6, 6.07) is 8.35. The second-order valence-corrected chi connectivity index (χ2v) is 5.02. The molecule has 0 aliphatic rings. The molecule has 2 rings (SSSR count). The Kier molecular flexibility index (Phi) is 3.78. The van der Waals surface area contributed by atoms with E-state index in [-0.39, 0.29) is 11.6 Å². The SMILES string of the molecule is Cc1ccc(F)c(C(N)c2ccc(F)cc2Br)c1. The molecule has 0 aliphatic heterocycles. The molecule has 1 atom stereocenters. The van der Waals surface area contributed by atoms with Gasteiger partial charge in [0.05, 0.1) is 6.04 Å². The third kappa shape index (κ3) is 2.60. The first-order chi connectivity index (χ1) is 8.49. The summed E-state index contributed by atoms with van der Waals surface area (Å²) < 4.78 is 27.3. The van der Waals surface area contributed by atoms with E-state index in [4.69, 9.17) is 5.73 Å². The number of halogens is 3. The predicted octanol–water partition coefficient (Wildman–Crippen LogP) is 4.08. The van der Waals surface area contributed by atoms with Gasteiger partial charge in [0.1, 0.15) is 11.6 Å². The molecule has 18 heavy (non-hydrogen) atoms. The number of aryl methyl sites for hydroxylation is 1. The van der Waals surface area contributed by atoms with E-state index in [1.807, 2.05) is 6.92 Å². The first-order valence-electron chi connectivity index (χ1n) is 5.45. The lowest BCUT2D eigenvalue weighted by Gasteiger charge is -2.16. The molecule has 0 fully saturated rings. The Hall–Kier alpha value is -1.26. The maximum absolute atomic E-state index is 13.7. The predicted molar refractivity (Wildman–Crippen MR) is 71.3 cm³/mol. The largest absolute Gasteiger partial charge is 0.320 e. The molecule has 0 bridgehead atoms. The molecule has 94 valence electrons. The van der Waals surface area contributed by atoms with Crippen LogP contribution in [0.2, 0.25) is 0 Å². The van der Waals surface area contributed by atoms with Crippen molar-refractivity contribution in [2.75, 3.05) is 0 Å². The molecule has 0 aromatic heterocycles. The monoisotopic (exact) mass is 311 g/mol. The van der Waals surface area contributed by atoms with Crippen molar-refractivity contribution in [3.8, 4) is 0 Å². The summed E-state index contributed by atoms with van der Waals surface area (Å²) in [5.41, 5.74) is 8.03. The summed E-state index contributed by atoms with van der Waals surface area (Å²) in [6.45, 7) is 1.87. The first-order valence-corrected chi connectivity index (χ1v) is 6.25. The zero-order chi connectivity index (χ0) is 13.3. The third-order valence-electron chi connectivity index (χ3n) is 2.78. The maximum Gasteiger partial charge on any atom is 0.128 e. The zero-order valence-electron chi connectivity index (χ0n) is 9.75. The van der Waals surface area contributed by atoms with Crippen LogP contribution in [0.25, 0.3) is 0 Å². The van der Waals surface area contributed by atoms with Crippen LogP contribution in [0.5, 0.6) is 0 Å². The molecular weight excluding hydrogens is 300 g/mol. The minimum atomic E-state index is -0.625. The fourth-order valence-electron chi connectivity index (χ4n) is 1.82. The molecule has 4 heteroatoms. The van der Waals surface area contributed by atoms with Crippen molar-refractivity contribution in [2.45, 2.75) is 13.0 Å². The van der Waals surface area contributed by atoms with Crippen LogP contribution < -0.4 is 5.73 Å². The van der Waals surface area contributed by atoms with Crippen LogP contribution in [0, 0.1) is 18.6 Å². The lowest BCUT2D eigenvalue weighted by atomic mass is 9.97. The topological polar surface area (TPSA) is 26.0 Å². The van der Waals surface area contributed by atoms with Gasteiger partial charge in [-0.15, -0.1) is 0 Å². The van der Waals surface area contributed by atoms with Crippen molar-refractivity contribution in [1.29, 1.82) is 0 Å². The summed E-state index contributed by atoms with van der Waals surface area (Å²) in [7, 11) is 0. The fraction of sp³-hybridized carbons (Fsp3) is 0.143. The molecule has 0 spiro atoms. The van der Waals surface area contributed by atoms with E-state index in [2.05, 4.69) is 15.9 Å². The Labute approximate surface area is 113 Å². The van der Waals surface area contributed by atoms with Gasteiger partial charge in [-0.1, -0.05) is 39.7 Å². The van der Waals surface area contributed by atoms with Crippen molar-refractivity contribution < 1.29 is 8.78 Å². The van der Waals surface area contributed by atoms with Crippen molar-refractivity contribution in [2.24, 2.45) is 5.73 Å². The zero-order valence-corrected chi connectivity index (χ0v) is 11.3. The highest BCUT2D eigenvalue weighted by molar-refractivity contribution is 9.10. The van der Waals surface area contributed by atoms with E-state index < -0.39 is 6.04 Å². The van der Waals surface area contributed by atoms with Gasteiger partial charge in [0, 0.05) is 10.0 Å². The van der Waals surface area contributed by atoms with E-state index in [0.717, 1.165) is 5.56 Å². The third-order valence-corrected chi connectivity index (χ3v) is 3.47. The lowest BCUT2D eigenvalue weighted by molar-refractivity contribution is 0.597. The van der Waals surface area contributed by atoms with Crippen molar-refractivity contribution >= 4 is 15.9 Å². The number of hydrogen-bond acceptors (Lipinski definition) is 1. The Balaban J connectivity index is 2.47. The minimum Gasteiger partial charge on any atom is -0.320 e. The quantitative estimate of drug-likeness (QED) is 0.888. The molecule has 2 aromatic rings. The van der Waals surface area contributed by atoms with Gasteiger partial charge >= 0.3 is 0 Å². The highest BCUT2D eigenvalue weighted by Gasteiger charge is 2.16. The highest BCUT2D eigenvalue weighted by atomic mass is 79.9. The molecule has 0 saturated heterocycles. The molecule has 1 unspecified atom stereocenters. The molecule has 0 saturated carbocycles. The Bertz CT molecular complexity index is 584. The molecule has 0 aliphatic carbocycles. The molecule has 0 radical (unpaired) electrons. The van der Waals surface area contributed by atoms with Gasteiger partial charge in [-0.05, 0) is 30.7 Å². The van der Waals surface area contributed by atoms with Gasteiger partial charge in [-0.3, -0.25) is 0 Å². The van der Waals surface area contributed by atoms with E-state index in [0.29, 0.717) is 15.6 Å². The number of hydrogen-bond donors (Lipinski definition) is 1. The number of rotatable bonds is 2. The molecule has 0 heterocycles. The normalized spacial score (nSPS) is 12.5. The fourth-order valence-corrected chi connectivity index (χ4v) is 2.42. The second-order valence-electron chi connectivity index (χ2n) is 4.17. The van der Waals surface area contributed by atoms with E-state index in [1.54, 1.807) is 18.2 Å². The van der Waals surface area contributed by atoms with Crippen LogP contribution in [-0.2, 0) is 0 Å². The molecular formula is C14H12BrF2N. The summed E-state index contributed by atoms with van der Waals surface area (Å²) in [6.07, 6.45) is 0.